The van der Waals surface area contributed by atoms with Gasteiger partial charge in [0.2, 0.25) is 5.91 Å². The van der Waals surface area contributed by atoms with Crippen LogP contribution in [0.1, 0.15) is 5.56 Å². The maximum Gasteiger partial charge on any atom is 0.233 e. The highest BCUT2D eigenvalue weighted by Gasteiger charge is 2.21. The fourth-order valence-electron chi connectivity index (χ4n) is 1.80. The molecule has 0 radical (unpaired) electrons. The average Bonchev–Trinajstić information content (AvgIpc) is 2.71. The second kappa shape index (κ2) is 4.99. The van der Waals surface area contributed by atoms with E-state index in [1.54, 1.807) is 7.05 Å². The molecular formula is C12H16N2O2. The number of rotatable bonds is 4. The molecule has 1 aromatic rings. The molecule has 0 aromatic heterocycles. The van der Waals surface area contributed by atoms with E-state index in [-0.39, 0.29) is 12.0 Å². The molecule has 1 aromatic carbocycles. The lowest BCUT2D eigenvalue weighted by Gasteiger charge is -2.11. The number of likely N-dealkylation sites (N-methyl/N-ethyl adjacent to an activating group) is 1. The lowest BCUT2D eigenvalue weighted by molar-refractivity contribution is -0.119. The quantitative estimate of drug-likeness (QED) is 0.768. The largest absolute Gasteiger partial charge is 0.488 e. The Morgan fingerprint density at radius 1 is 1.50 bits per heavy atom. The van der Waals surface area contributed by atoms with Crippen LogP contribution in [-0.2, 0) is 11.2 Å². The molecule has 1 unspecified atom stereocenters. The molecule has 0 fully saturated rings. The van der Waals surface area contributed by atoms with Gasteiger partial charge < -0.3 is 15.4 Å². The molecule has 0 spiro atoms. The van der Waals surface area contributed by atoms with Gasteiger partial charge in [-0.05, 0) is 11.6 Å². The number of amides is 1. The number of carbonyl (C=O) groups excluding carboxylic acids is 1. The first-order valence-corrected chi connectivity index (χ1v) is 5.45. The van der Waals surface area contributed by atoms with Gasteiger partial charge in [0.15, 0.2) is 0 Å². The Bertz CT molecular complexity index is 354. The number of fused-ring (bicyclic) bond motifs is 1. The average molecular weight is 220 g/mol. The molecule has 4 nitrogen and oxygen atoms in total. The van der Waals surface area contributed by atoms with Crippen molar-refractivity contribution in [3.63, 3.8) is 0 Å². The molecule has 16 heavy (non-hydrogen) atoms. The van der Waals surface area contributed by atoms with Gasteiger partial charge in [-0.3, -0.25) is 4.79 Å². The second-order valence-corrected chi connectivity index (χ2v) is 3.86. The van der Waals surface area contributed by atoms with Crippen LogP contribution in [0.3, 0.4) is 0 Å². The molecule has 2 N–H and O–H groups in total. The van der Waals surface area contributed by atoms with Gasteiger partial charge in [-0.25, -0.2) is 0 Å². The summed E-state index contributed by atoms with van der Waals surface area (Å²) in [5, 5.41) is 5.64. The fraction of sp³-hybridized carbons (Fsp3) is 0.417. The summed E-state index contributed by atoms with van der Waals surface area (Å²) >= 11 is 0. The van der Waals surface area contributed by atoms with Crippen molar-refractivity contribution < 1.29 is 9.53 Å². The van der Waals surface area contributed by atoms with Gasteiger partial charge in [-0.1, -0.05) is 18.2 Å². The highest BCUT2D eigenvalue weighted by molar-refractivity contribution is 5.77. The van der Waals surface area contributed by atoms with Crippen molar-refractivity contribution in [1.82, 2.24) is 10.6 Å². The number of nitrogens with one attached hydrogen (secondary N) is 2. The minimum Gasteiger partial charge on any atom is -0.488 e. The first kappa shape index (κ1) is 11.0. The topological polar surface area (TPSA) is 50.4 Å². The smallest absolute Gasteiger partial charge is 0.233 e. The van der Waals surface area contributed by atoms with Crippen LogP contribution in [0.2, 0.25) is 0 Å². The molecule has 0 saturated carbocycles. The molecule has 1 atom stereocenters. The van der Waals surface area contributed by atoms with E-state index >= 15 is 0 Å². The summed E-state index contributed by atoms with van der Waals surface area (Å²) < 4.78 is 5.73. The number of ether oxygens (including phenoxy) is 1. The zero-order valence-electron chi connectivity index (χ0n) is 9.32. The molecule has 1 aliphatic rings. The second-order valence-electron chi connectivity index (χ2n) is 3.86. The summed E-state index contributed by atoms with van der Waals surface area (Å²) in [5.74, 6) is 0.963. The summed E-state index contributed by atoms with van der Waals surface area (Å²) in [6, 6.07) is 8.05. The minimum absolute atomic E-state index is 0.00416. The molecule has 1 amide bonds. The van der Waals surface area contributed by atoms with E-state index in [1.165, 1.54) is 5.56 Å². The van der Waals surface area contributed by atoms with Gasteiger partial charge in [-0.15, -0.1) is 0 Å². The first-order valence-electron chi connectivity index (χ1n) is 5.45. The molecular weight excluding hydrogens is 204 g/mol. The van der Waals surface area contributed by atoms with Crippen LogP contribution in [0.4, 0.5) is 0 Å². The van der Waals surface area contributed by atoms with E-state index in [9.17, 15) is 4.79 Å². The summed E-state index contributed by atoms with van der Waals surface area (Å²) in [6.07, 6.45) is 1.05. The third-order valence-corrected chi connectivity index (χ3v) is 2.65. The lowest BCUT2D eigenvalue weighted by Crippen LogP contribution is -2.37. The number of benzene rings is 1. The number of hydrogen-bond acceptors (Lipinski definition) is 3. The van der Waals surface area contributed by atoms with Gasteiger partial charge in [0.05, 0.1) is 6.54 Å². The molecule has 1 heterocycles. The summed E-state index contributed by atoms with van der Waals surface area (Å²) in [7, 11) is 1.63. The van der Waals surface area contributed by atoms with E-state index in [0.29, 0.717) is 13.1 Å². The Kier molecular flexibility index (Phi) is 3.41. The van der Waals surface area contributed by atoms with Crippen molar-refractivity contribution in [3.05, 3.63) is 29.8 Å². The van der Waals surface area contributed by atoms with Crippen LogP contribution in [0, 0.1) is 0 Å². The Balaban J connectivity index is 1.77. The number of carbonyl (C=O) groups is 1. The molecule has 4 heteroatoms. The maximum atomic E-state index is 11.0. The maximum absolute atomic E-state index is 11.0. The Hall–Kier alpha value is -1.55. The Labute approximate surface area is 95.0 Å². The predicted octanol–water partition coefficient (Wildman–Crippen LogP) is 0.326. The van der Waals surface area contributed by atoms with Crippen LogP contribution >= 0.6 is 0 Å². The van der Waals surface area contributed by atoms with Crippen LogP contribution in [0.25, 0.3) is 0 Å². The molecule has 86 valence electrons. The van der Waals surface area contributed by atoms with E-state index in [1.807, 2.05) is 18.2 Å². The van der Waals surface area contributed by atoms with Crippen molar-refractivity contribution in [2.75, 3.05) is 20.1 Å². The summed E-state index contributed by atoms with van der Waals surface area (Å²) in [6.45, 7) is 1.04. The monoisotopic (exact) mass is 220 g/mol. The van der Waals surface area contributed by atoms with Gasteiger partial charge in [0.1, 0.15) is 11.9 Å². The van der Waals surface area contributed by atoms with Gasteiger partial charge in [-0.2, -0.15) is 0 Å². The predicted molar refractivity (Wildman–Crippen MR) is 61.5 cm³/mol. The van der Waals surface area contributed by atoms with Crippen LogP contribution in [0.15, 0.2) is 24.3 Å². The normalized spacial score (nSPS) is 17.7. The minimum atomic E-state index is -0.00416. The SMILES string of the molecule is CNC(=O)CNCC1Cc2ccccc2O1. The van der Waals surface area contributed by atoms with Crippen molar-refractivity contribution in [2.45, 2.75) is 12.5 Å². The zero-order valence-corrected chi connectivity index (χ0v) is 9.32. The fourth-order valence-corrected chi connectivity index (χ4v) is 1.80. The van der Waals surface area contributed by atoms with Gasteiger partial charge in [0.25, 0.3) is 0 Å². The van der Waals surface area contributed by atoms with E-state index in [2.05, 4.69) is 16.7 Å². The van der Waals surface area contributed by atoms with Crippen LogP contribution < -0.4 is 15.4 Å². The highest BCUT2D eigenvalue weighted by atomic mass is 16.5. The summed E-state index contributed by atoms with van der Waals surface area (Å²) in [4.78, 5) is 11.0. The number of hydrogen-bond donors (Lipinski definition) is 2. The van der Waals surface area contributed by atoms with Crippen LogP contribution in [0.5, 0.6) is 5.75 Å². The van der Waals surface area contributed by atoms with Crippen molar-refractivity contribution in [2.24, 2.45) is 0 Å². The third kappa shape index (κ3) is 2.52. The Morgan fingerprint density at radius 2 is 2.31 bits per heavy atom. The molecule has 1 aliphatic heterocycles. The Morgan fingerprint density at radius 3 is 3.06 bits per heavy atom. The van der Waals surface area contributed by atoms with E-state index < -0.39 is 0 Å². The lowest BCUT2D eigenvalue weighted by atomic mass is 10.1. The zero-order chi connectivity index (χ0) is 11.4. The molecule has 0 aliphatic carbocycles. The third-order valence-electron chi connectivity index (χ3n) is 2.65. The molecule has 0 saturated heterocycles. The molecule has 2 rings (SSSR count). The molecule has 0 bridgehead atoms. The highest BCUT2D eigenvalue weighted by Crippen LogP contribution is 2.27. The van der Waals surface area contributed by atoms with Gasteiger partial charge >= 0.3 is 0 Å². The number of para-hydroxylation sites is 1. The van der Waals surface area contributed by atoms with Crippen molar-refractivity contribution in [1.29, 1.82) is 0 Å². The van der Waals surface area contributed by atoms with E-state index in [4.69, 9.17) is 4.74 Å². The van der Waals surface area contributed by atoms with Gasteiger partial charge in [0, 0.05) is 20.0 Å². The summed E-state index contributed by atoms with van der Waals surface area (Å²) in [5.41, 5.74) is 1.24. The standard InChI is InChI=1S/C12H16N2O2/c1-13-12(15)8-14-7-10-6-9-4-2-3-5-11(9)16-10/h2-5,10,14H,6-8H2,1H3,(H,13,15). The van der Waals surface area contributed by atoms with Crippen LogP contribution in [-0.4, -0.2) is 32.1 Å². The van der Waals surface area contributed by atoms with E-state index in [0.717, 1.165) is 12.2 Å². The first-order chi connectivity index (χ1) is 7.79. The van der Waals surface area contributed by atoms with Crippen molar-refractivity contribution in [3.8, 4) is 5.75 Å². The van der Waals surface area contributed by atoms with Crippen molar-refractivity contribution >= 4 is 5.91 Å².